The van der Waals surface area contributed by atoms with E-state index in [9.17, 15) is 0 Å². The summed E-state index contributed by atoms with van der Waals surface area (Å²) in [6.45, 7) is 2.37. The highest BCUT2D eigenvalue weighted by molar-refractivity contribution is 6.05. The van der Waals surface area contributed by atoms with Crippen LogP contribution in [-0.4, -0.2) is 19.0 Å². The lowest BCUT2D eigenvalue weighted by molar-refractivity contribution is 0.319. The predicted molar refractivity (Wildman–Crippen MR) is 236 cm³/mol. The Hall–Kier alpha value is -6.30. The first-order valence-electron chi connectivity index (χ1n) is 19.3. The van der Waals surface area contributed by atoms with Crippen LogP contribution in [0, 0.1) is 0 Å². The van der Waals surface area contributed by atoms with Crippen LogP contribution in [0.1, 0.15) is 27.8 Å². The van der Waals surface area contributed by atoms with Crippen molar-refractivity contribution < 1.29 is 4.42 Å². The molecule has 0 fully saturated rings. The van der Waals surface area contributed by atoms with E-state index in [0.717, 1.165) is 30.7 Å². The van der Waals surface area contributed by atoms with Gasteiger partial charge in [0.05, 0.1) is 0 Å². The molecule has 1 heterocycles. The van der Waals surface area contributed by atoms with Crippen molar-refractivity contribution in [2.24, 2.45) is 11.5 Å². The maximum Gasteiger partial charge on any atom is 0.139 e. The van der Waals surface area contributed by atoms with Crippen LogP contribution in [0.15, 0.2) is 180 Å². The van der Waals surface area contributed by atoms with E-state index in [2.05, 4.69) is 181 Å². The molecule has 4 heteroatoms. The molecular formula is C52H47N3O. The van der Waals surface area contributed by atoms with Gasteiger partial charge in [-0.25, -0.2) is 0 Å². The van der Waals surface area contributed by atoms with Crippen molar-refractivity contribution in [3.63, 3.8) is 0 Å². The Labute approximate surface area is 329 Å². The molecule has 4 nitrogen and oxygen atoms in total. The van der Waals surface area contributed by atoms with Gasteiger partial charge < -0.3 is 15.9 Å². The Morgan fingerprint density at radius 3 is 1.98 bits per heavy atom. The van der Waals surface area contributed by atoms with Gasteiger partial charge in [0.2, 0.25) is 0 Å². The van der Waals surface area contributed by atoms with Gasteiger partial charge in [0.1, 0.15) is 11.2 Å². The molecule has 4 N–H and O–H groups in total. The molecule has 276 valence electrons. The van der Waals surface area contributed by atoms with E-state index >= 15 is 0 Å². The Morgan fingerprint density at radius 1 is 0.518 bits per heavy atom. The zero-order chi connectivity index (χ0) is 38.4. The minimum Gasteiger partial charge on any atom is -0.456 e. The first-order chi connectivity index (χ1) is 27.6. The van der Waals surface area contributed by atoms with Crippen LogP contribution in [0.2, 0.25) is 0 Å². The SMILES string of the molecule is CN.CN(Cc1ccccc1)Cc1cccc2c1oc1ccccc12.NCc1cccc2c1-c1cc(-c3ccc(-c4cccc5ccccc45)cc3)ccc1C2. The summed E-state index contributed by atoms with van der Waals surface area (Å²) < 4.78 is 6.11. The number of benzene rings is 8. The molecule has 0 unspecified atom stereocenters. The van der Waals surface area contributed by atoms with Gasteiger partial charge in [0.15, 0.2) is 0 Å². The number of nitrogens with zero attached hydrogens (tertiary/aromatic N) is 1. The first-order valence-corrected chi connectivity index (χ1v) is 19.3. The van der Waals surface area contributed by atoms with Crippen molar-refractivity contribution in [1.82, 2.24) is 4.90 Å². The number of rotatable bonds is 7. The second-order valence-electron chi connectivity index (χ2n) is 14.4. The third-order valence-electron chi connectivity index (χ3n) is 10.8. The summed E-state index contributed by atoms with van der Waals surface area (Å²) in [7, 11) is 3.65. The molecular weight excluding hydrogens is 683 g/mol. The second kappa shape index (κ2) is 16.6. The molecule has 0 saturated carbocycles. The second-order valence-corrected chi connectivity index (χ2v) is 14.4. The van der Waals surface area contributed by atoms with Gasteiger partial charge in [-0.1, -0.05) is 164 Å². The normalized spacial score (nSPS) is 11.5. The fraction of sp³-hybridized carbons (Fsp3) is 0.115. The minimum absolute atomic E-state index is 0.576. The van der Waals surface area contributed by atoms with E-state index in [1.807, 2.05) is 12.1 Å². The number of hydrogen-bond donors (Lipinski definition) is 2. The van der Waals surface area contributed by atoms with Crippen LogP contribution in [0.25, 0.3) is 66.1 Å². The van der Waals surface area contributed by atoms with Crippen LogP contribution in [0.5, 0.6) is 0 Å². The quantitative estimate of drug-likeness (QED) is 0.171. The van der Waals surface area contributed by atoms with Gasteiger partial charge >= 0.3 is 0 Å². The maximum absolute atomic E-state index is 6.11. The molecule has 1 aliphatic carbocycles. The van der Waals surface area contributed by atoms with Crippen molar-refractivity contribution in [1.29, 1.82) is 0 Å². The fourth-order valence-electron chi connectivity index (χ4n) is 8.16. The van der Waals surface area contributed by atoms with Crippen LogP contribution >= 0.6 is 0 Å². The third-order valence-corrected chi connectivity index (χ3v) is 10.8. The first kappa shape index (κ1) is 36.7. The highest BCUT2D eigenvalue weighted by Crippen LogP contribution is 2.41. The summed E-state index contributed by atoms with van der Waals surface area (Å²) >= 11 is 0. The maximum atomic E-state index is 6.11. The zero-order valence-electron chi connectivity index (χ0n) is 32.1. The molecule has 0 amide bonds. The molecule has 0 spiro atoms. The molecule has 0 saturated heterocycles. The van der Waals surface area contributed by atoms with Gasteiger partial charge in [-0.2, -0.15) is 0 Å². The number of fused-ring (bicyclic) bond motifs is 7. The summed E-state index contributed by atoms with van der Waals surface area (Å²) in [4.78, 5) is 2.32. The Bertz CT molecular complexity index is 2740. The molecule has 10 rings (SSSR count). The molecule has 8 aromatic carbocycles. The lowest BCUT2D eigenvalue weighted by Crippen LogP contribution is -2.17. The van der Waals surface area contributed by atoms with Crippen LogP contribution in [-0.2, 0) is 26.1 Å². The topological polar surface area (TPSA) is 68.4 Å². The van der Waals surface area contributed by atoms with Crippen LogP contribution in [0.3, 0.4) is 0 Å². The van der Waals surface area contributed by atoms with Gasteiger partial charge in [-0.05, 0) is 99.1 Å². The average molecular weight is 730 g/mol. The minimum atomic E-state index is 0.576. The largest absolute Gasteiger partial charge is 0.456 e. The molecule has 0 atom stereocenters. The zero-order valence-corrected chi connectivity index (χ0v) is 32.1. The lowest BCUT2D eigenvalue weighted by atomic mass is 9.94. The van der Waals surface area contributed by atoms with Gasteiger partial charge in [0.25, 0.3) is 0 Å². The molecule has 1 aromatic heterocycles. The van der Waals surface area contributed by atoms with Crippen molar-refractivity contribution in [2.75, 3.05) is 14.1 Å². The summed E-state index contributed by atoms with van der Waals surface area (Å²) in [6.07, 6.45) is 0.999. The van der Waals surface area contributed by atoms with E-state index in [1.54, 1.807) is 0 Å². The number of furan rings is 1. The smallest absolute Gasteiger partial charge is 0.139 e. The Morgan fingerprint density at radius 2 is 1.16 bits per heavy atom. The number of hydrogen-bond acceptors (Lipinski definition) is 4. The van der Waals surface area contributed by atoms with E-state index < -0.39 is 0 Å². The van der Waals surface area contributed by atoms with E-state index in [0.29, 0.717) is 6.54 Å². The molecule has 56 heavy (non-hydrogen) atoms. The third kappa shape index (κ3) is 7.38. The van der Waals surface area contributed by atoms with Crippen molar-refractivity contribution in [3.05, 3.63) is 204 Å². The fourth-order valence-corrected chi connectivity index (χ4v) is 8.16. The van der Waals surface area contributed by atoms with E-state index in [4.69, 9.17) is 10.2 Å². The van der Waals surface area contributed by atoms with Crippen molar-refractivity contribution in [2.45, 2.75) is 26.1 Å². The molecule has 0 aliphatic heterocycles. The Kier molecular flexibility index (Phi) is 10.9. The van der Waals surface area contributed by atoms with E-state index in [1.165, 1.54) is 89.8 Å². The van der Waals surface area contributed by atoms with Crippen molar-refractivity contribution >= 4 is 32.7 Å². The highest BCUT2D eigenvalue weighted by atomic mass is 16.3. The number of para-hydroxylation sites is 2. The molecule has 1 aliphatic rings. The molecule has 9 aromatic rings. The summed E-state index contributed by atoms with van der Waals surface area (Å²) in [5.41, 5.74) is 26.8. The molecule has 0 radical (unpaired) electrons. The summed E-state index contributed by atoms with van der Waals surface area (Å²) in [6, 6.07) is 62.6. The lowest BCUT2D eigenvalue weighted by Gasteiger charge is -2.17. The molecule has 0 bridgehead atoms. The highest BCUT2D eigenvalue weighted by Gasteiger charge is 2.21. The van der Waals surface area contributed by atoms with Gasteiger partial charge in [-0.15, -0.1) is 0 Å². The Balaban J connectivity index is 0.000000157. The predicted octanol–water partition coefficient (Wildman–Crippen LogP) is 12.0. The summed E-state index contributed by atoms with van der Waals surface area (Å²) in [5, 5.41) is 4.96. The summed E-state index contributed by atoms with van der Waals surface area (Å²) in [5.74, 6) is 0. The average Bonchev–Trinajstić information content (AvgIpc) is 3.84. The van der Waals surface area contributed by atoms with E-state index in [-0.39, 0.29) is 0 Å². The standard InChI is InChI=1S/C30H23N.C21H19NO.CH5N/c31-19-26-8-3-7-25-17-24-16-15-23(18-29(24)30(25)26)20-11-13-22(14-12-20)28-10-4-6-21-5-1-2-9-27(21)28;1-22(14-16-8-3-2-4-9-16)15-17-10-7-12-19-18-11-5-6-13-20(18)23-21(17)19;1-2/h1-16,18H,17,19,31H2;2-13H,14-15H2,1H3;2H2,1H3. The van der Waals surface area contributed by atoms with Gasteiger partial charge in [-0.3, -0.25) is 4.90 Å². The number of nitrogens with two attached hydrogens (primary N) is 2. The van der Waals surface area contributed by atoms with Crippen LogP contribution in [0.4, 0.5) is 0 Å². The van der Waals surface area contributed by atoms with Crippen LogP contribution < -0.4 is 11.5 Å². The van der Waals surface area contributed by atoms with Crippen molar-refractivity contribution in [3.8, 4) is 33.4 Å². The van der Waals surface area contributed by atoms with Gasteiger partial charge in [0, 0.05) is 36.0 Å². The monoisotopic (exact) mass is 729 g/mol.